The Kier molecular flexibility index (Phi) is 8.95. The van der Waals surface area contributed by atoms with Crippen molar-refractivity contribution in [2.24, 2.45) is 0 Å². The van der Waals surface area contributed by atoms with Crippen LogP contribution in [0.5, 0.6) is 0 Å². The summed E-state index contributed by atoms with van der Waals surface area (Å²) in [6.07, 6.45) is 2.20. The molecule has 2 rings (SSSR count). The monoisotopic (exact) mass is 382 g/mol. The highest BCUT2D eigenvalue weighted by Gasteiger charge is 2.27. The molecule has 0 spiro atoms. The molecular formula is C15H21Cl3N2OS. The van der Waals surface area contributed by atoms with E-state index in [1.54, 1.807) is 17.8 Å². The normalized spacial score (nSPS) is 17.4. The molecule has 0 radical (unpaired) electrons. The summed E-state index contributed by atoms with van der Waals surface area (Å²) in [6.45, 7) is 1.76. The molecule has 3 nitrogen and oxygen atoms in total. The number of nitrogens with zero attached hydrogens (tertiary/aromatic N) is 1. The van der Waals surface area contributed by atoms with E-state index in [0.717, 1.165) is 37.2 Å². The molecule has 1 saturated heterocycles. The third-order valence-electron chi connectivity index (χ3n) is 3.64. The van der Waals surface area contributed by atoms with Crippen molar-refractivity contribution in [1.29, 1.82) is 0 Å². The molecule has 1 aromatic rings. The molecule has 1 aliphatic heterocycles. The van der Waals surface area contributed by atoms with E-state index in [2.05, 4.69) is 5.32 Å². The summed E-state index contributed by atoms with van der Waals surface area (Å²) in [7, 11) is 1.93. The Morgan fingerprint density at radius 3 is 2.91 bits per heavy atom. The Bertz CT molecular complexity index is 502. The predicted octanol–water partition coefficient (Wildman–Crippen LogP) is 3.86. The van der Waals surface area contributed by atoms with E-state index in [-0.39, 0.29) is 18.3 Å². The average molecular weight is 384 g/mol. The van der Waals surface area contributed by atoms with Crippen LogP contribution in [0.1, 0.15) is 18.4 Å². The van der Waals surface area contributed by atoms with Crippen LogP contribution in [-0.4, -0.2) is 42.7 Å². The molecule has 1 N–H and O–H groups in total. The van der Waals surface area contributed by atoms with Gasteiger partial charge in [-0.3, -0.25) is 4.79 Å². The average Bonchev–Trinajstić information content (AvgIpc) is 2.90. The van der Waals surface area contributed by atoms with Crippen molar-refractivity contribution in [3.05, 3.63) is 33.8 Å². The molecule has 7 heteroatoms. The molecule has 22 heavy (non-hydrogen) atoms. The van der Waals surface area contributed by atoms with Crippen molar-refractivity contribution in [1.82, 2.24) is 10.2 Å². The first-order valence-corrected chi connectivity index (χ1v) is 8.98. The number of nitrogens with one attached hydrogen (secondary N) is 1. The zero-order valence-corrected chi connectivity index (χ0v) is 15.6. The number of halogens is 3. The highest BCUT2D eigenvalue weighted by atomic mass is 35.5. The summed E-state index contributed by atoms with van der Waals surface area (Å²) in [5, 5.41) is 4.46. The number of thioether (sulfide) groups is 1. The van der Waals surface area contributed by atoms with Gasteiger partial charge < -0.3 is 10.2 Å². The van der Waals surface area contributed by atoms with Gasteiger partial charge in [-0.2, -0.15) is 0 Å². The lowest BCUT2D eigenvalue weighted by molar-refractivity contribution is -0.129. The second-order valence-corrected chi connectivity index (χ2v) is 7.00. The van der Waals surface area contributed by atoms with Crippen molar-refractivity contribution in [2.45, 2.75) is 24.6 Å². The van der Waals surface area contributed by atoms with Crippen LogP contribution in [0.2, 0.25) is 10.0 Å². The number of hydrogen-bond donors (Lipinski definition) is 1. The Morgan fingerprint density at radius 2 is 2.23 bits per heavy atom. The van der Waals surface area contributed by atoms with Crippen LogP contribution < -0.4 is 5.32 Å². The van der Waals surface area contributed by atoms with Crippen molar-refractivity contribution in [3.8, 4) is 0 Å². The lowest BCUT2D eigenvalue weighted by Gasteiger charge is -2.24. The van der Waals surface area contributed by atoms with Crippen LogP contribution in [0.4, 0.5) is 0 Å². The van der Waals surface area contributed by atoms with E-state index >= 15 is 0 Å². The van der Waals surface area contributed by atoms with Gasteiger partial charge in [0.15, 0.2) is 0 Å². The third kappa shape index (κ3) is 5.50. The summed E-state index contributed by atoms with van der Waals surface area (Å²) in [5.41, 5.74) is 1.02. The largest absolute Gasteiger partial charge is 0.338 e. The van der Waals surface area contributed by atoms with E-state index in [9.17, 15) is 4.79 Å². The van der Waals surface area contributed by atoms with Gasteiger partial charge in [0.05, 0.1) is 5.75 Å². The van der Waals surface area contributed by atoms with Gasteiger partial charge in [-0.1, -0.05) is 29.3 Å². The standard InChI is InChI=1S/C15H20Cl2N2OS.ClH/c1-18-8-13-3-2-6-19(13)15(20)10-21-9-11-4-5-12(16)7-14(11)17;/h4-5,7,13,18H,2-3,6,8-10H2,1H3;1H. The zero-order valence-electron chi connectivity index (χ0n) is 12.5. The number of amides is 1. The van der Waals surface area contributed by atoms with Crippen LogP contribution in [0, 0.1) is 0 Å². The number of carbonyl (C=O) groups excluding carboxylic acids is 1. The first kappa shape index (κ1) is 19.9. The van der Waals surface area contributed by atoms with Crippen molar-refractivity contribution < 1.29 is 4.79 Å². The number of rotatable bonds is 6. The molecule has 1 aromatic carbocycles. The van der Waals surface area contributed by atoms with Crippen LogP contribution >= 0.6 is 47.4 Å². The lowest BCUT2D eigenvalue weighted by Crippen LogP contribution is -2.41. The maximum atomic E-state index is 12.3. The van der Waals surface area contributed by atoms with Crippen LogP contribution in [0.25, 0.3) is 0 Å². The molecule has 1 heterocycles. The van der Waals surface area contributed by atoms with Gasteiger partial charge in [-0.25, -0.2) is 0 Å². The summed E-state index contributed by atoms with van der Waals surface area (Å²) in [6, 6.07) is 5.84. The fourth-order valence-electron chi connectivity index (χ4n) is 2.58. The number of benzene rings is 1. The Hall–Kier alpha value is -0.130. The van der Waals surface area contributed by atoms with Crippen LogP contribution in [-0.2, 0) is 10.5 Å². The van der Waals surface area contributed by atoms with Crippen molar-refractivity contribution >= 4 is 53.3 Å². The SMILES string of the molecule is CNCC1CCCN1C(=O)CSCc1ccc(Cl)cc1Cl.Cl. The summed E-state index contributed by atoms with van der Waals surface area (Å²) >= 11 is 13.6. The van der Waals surface area contributed by atoms with Gasteiger partial charge >= 0.3 is 0 Å². The minimum Gasteiger partial charge on any atom is -0.338 e. The fourth-order valence-corrected chi connectivity index (χ4v) is 4.05. The number of carbonyl (C=O) groups is 1. The predicted molar refractivity (Wildman–Crippen MR) is 98.5 cm³/mol. The van der Waals surface area contributed by atoms with Gasteiger partial charge in [0.25, 0.3) is 0 Å². The first-order chi connectivity index (χ1) is 10.1. The van der Waals surface area contributed by atoms with E-state index in [1.165, 1.54) is 0 Å². The van der Waals surface area contributed by atoms with E-state index in [1.807, 2.05) is 24.1 Å². The topological polar surface area (TPSA) is 32.3 Å². The Morgan fingerprint density at radius 1 is 1.45 bits per heavy atom. The highest BCUT2D eigenvalue weighted by molar-refractivity contribution is 7.99. The number of likely N-dealkylation sites (tertiary alicyclic amines) is 1. The summed E-state index contributed by atoms with van der Waals surface area (Å²) in [4.78, 5) is 14.3. The van der Waals surface area contributed by atoms with Gasteiger partial charge in [-0.15, -0.1) is 24.2 Å². The highest BCUT2D eigenvalue weighted by Crippen LogP contribution is 2.25. The van der Waals surface area contributed by atoms with Gasteiger partial charge in [-0.05, 0) is 37.6 Å². The quantitative estimate of drug-likeness (QED) is 0.809. The molecule has 0 bridgehead atoms. The first-order valence-electron chi connectivity index (χ1n) is 7.07. The number of likely N-dealkylation sites (N-methyl/N-ethyl adjacent to an activating group) is 1. The second-order valence-electron chi connectivity index (χ2n) is 5.17. The molecule has 1 unspecified atom stereocenters. The molecule has 124 valence electrons. The molecule has 0 saturated carbocycles. The minimum absolute atomic E-state index is 0. The Labute approximate surface area is 152 Å². The Balaban J connectivity index is 0.00000242. The molecule has 1 amide bonds. The number of hydrogen-bond acceptors (Lipinski definition) is 3. The minimum atomic E-state index is 0. The molecule has 0 aromatic heterocycles. The fraction of sp³-hybridized carbons (Fsp3) is 0.533. The maximum Gasteiger partial charge on any atom is 0.232 e. The summed E-state index contributed by atoms with van der Waals surface area (Å²) < 4.78 is 0. The maximum absolute atomic E-state index is 12.3. The molecule has 1 atom stereocenters. The third-order valence-corrected chi connectivity index (χ3v) is 5.19. The second kappa shape index (κ2) is 9.89. The van der Waals surface area contributed by atoms with E-state index < -0.39 is 0 Å². The summed E-state index contributed by atoms with van der Waals surface area (Å²) in [5.74, 6) is 1.45. The van der Waals surface area contributed by atoms with E-state index in [4.69, 9.17) is 23.2 Å². The zero-order chi connectivity index (χ0) is 15.2. The van der Waals surface area contributed by atoms with E-state index in [0.29, 0.717) is 21.8 Å². The lowest BCUT2D eigenvalue weighted by atomic mass is 10.2. The molecule has 1 fully saturated rings. The molecular weight excluding hydrogens is 363 g/mol. The van der Waals surface area contributed by atoms with Crippen molar-refractivity contribution in [2.75, 3.05) is 25.9 Å². The molecule has 1 aliphatic rings. The molecule has 0 aliphatic carbocycles. The van der Waals surface area contributed by atoms with Gasteiger partial charge in [0.1, 0.15) is 0 Å². The van der Waals surface area contributed by atoms with Crippen LogP contribution in [0.15, 0.2) is 18.2 Å². The van der Waals surface area contributed by atoms with Crippen LogP contribution in [0.3, 0.4) is 0 Å². The smallest absolute Gasteiger partial charge is 0.232 e. The van der Waals surface area contributed by atoms with Gasteiger partial charge in [0, 0.05) is 34.9 Å². The van der Waals surface area contributed by atoms with Crippen molar-refractivity contribution in [3.63, 3.8) is 0 Å². The van der Waals surface area contributed by atoms with Gasteiger partial charge in [0.2, 0.25) is 5.91 Å².